The van der Waals surface area contributed by atoms with Crippen LogP contribution in [-0.2, 0) is 24.2 Å². The minimum atomic E-state index is -0.929. The van der Waals surface area contributed by atoms with E-state index in [-0.39, 0.29) is 5.02 Å². The third-order valence-corrected chi connectivity index (χ3v) is 7.74. The number of carboxylic acids is 1. The molecule has 4 rings (SSSR count). The normalized spacial score (nSPS) is 15.7. The summed E-state index contributed by atoms with van der Waals surface area (Å²) in [6, 6.07) is 6.90. The van der Waals surface area contributed by atoms with Gasteiger partial charge in [-0.3, -0.25) is 14.8 Å². The molecule has 0 aliphatic carbocycles. The Morgan fingerprint density at radius 3 is 2.58 bits per heavy atom. The number of H-pyrrole nitrogens is 1. The van der Waals surface area contributed by atoms with Crippen LogP contribution in [0.1, 0.15) is 53.4 Å². The molecule has 3 aromatic rings. The molecule has 1 aliphatic rings. The third kappa shape index (κ3) is 5.25. The number of carboxylic acid groups (broad SMARTS) is 1. The highest BCUT2D eigenvalue weighted by Gasteiger charge is 2.42. The second-order valence-corrected chi connectivity index (χ2v) is 10.2. The van der Waals surface area contributed by atoms with Crippen molar-refractivity contribution in [2.45, 2.75) is 59.9 Å². The molecule has 1 aromatic carbocycles. The van der Waals surface area contributed by atoms with Crippen molar-refractivity contribution in [3.63, 3.8) is 0 Å². The van der Waals surface area contributed by atoms with Gasteiger partial charge >= 0.3 is 5.97 Å². The lowest BCUT2D eigenvalue weighted by molar-refractivity contribution is -0.152. The zero-order valence-electron chi connectivity index (χ0n) is 21.2. The topological polar surface area (TPSA) is 94.1 Å². The molecule has 7 nitrogen and oxygen atoms in total. The van der Waals surface area contributed by atoms with Crippen LogP contribution in [0.3, 0.4) is 0 Å². The molecule has 192 valence electrons. The van der Waals surface area contributed by atoms with Gasteiger partial charge < -0.3 is 10.4 Å². The Morgan fingerprint density at radius 1 is 1.25 bits per heavy atom. The number of halogens is 2. The van der Waals surface area contributed by atoms with E-state index in [1.807, 2.05) is 26.8 Å². The molecule has 1 saturated heterocycles. The summed E-state index contributed by atoms with van der Waals surface area (Å²) >= 11 is 5.94. The summed E-state index contributed by atoms with van der Waals surface area (Å²) in [6.07, 6.45) is 2.08. The number of pyridine rings is 1. The van der Waals surface area contributed by atoms with E-state index in [9.17, 15) is 14.3 Å². The van der Waals surface area contributed by atoms with Crippen molar-refractivity contribution in [1.82, 2.24) is 20.1 Å². The lowest BCUT2D eigenvalue weighted by Gasteiger charge is -2.39. The smallest absolute Gasteiger partial charge is 0.310 e. The van der Waals surface area contributed by atoms with Gasteiger partial charge in [0.1, 0.15) is 11.6 Å². The third-order valence-electron chi connectivity index (χ3n) is 7.44. The van der Waals surface area contributed by atoms with Gasteiger partial charge in [-0.05, 0) is 75.9 Å². The maximum absolute atomic E-state index is 14.4. The lowest BCUT2D eigenvalue weighted by atomic mass is 9.74. The Morgan fingerprint density at radius 2 is 1.97 bits per heavy atom. The van der Waals surface area contributed by atoms with Crippen LogP contribution in [0, 0.1) is 32.0 Å². The van der Waals surface area contributed by atoms with Gasteiger partial charge in [0.2, 0.25) is 0 Å². The highest BCUT2D eigenvalue weighted by atomic mass is 35.5. The number of aromatic amines is 1. The highest BCUT2D eigenvalue weighted by Crippen LogP contribution is 2.38. The molecule has 36 heavy (non-hydrogen) atoms. The summed E-state index contributed by atoms with van der Waals surface area (Å²) in [7, 11) is 0. The number of piperidine rings is 1. The molecule has 0 bridgehead atoms. The second kappa shape index (κ2) is 10.6. The molecule has 0 unspecified atom stereocenters. The van der Waals surface area contributed by atoms with Gasteiger partial charge in [0.25, 0.3) is 0 Å². The van der Waals surface area contributed by atoms with Crippen LogP contribution in [0.15, 0.2) is 24.3 Å². The van der Waals surface area contributed by atoms with Crippen molar-refractivity contribution < 1.29 is 14.3 Å². The first-order valence-corrected chi connectivity index (χ1v) is 12.7. The number of aliphatic carboxylic acids is 1. The van der Waals surface area contributed by atoms with Crippen molar-refractivity contribution in [3.8, 4) is 0 Å². The number of anilines is 2. The molecule has 0 atom stereocenters. The van der Waals surface area contributed by atoms with Gasteiger partial charge in [0.05, 0.1) is 10.4 Å². The molecule has 0 saturated carbocycles. The highest BCUT2D eigenvalue weighted by molar-refractivity contribution is 6.30. The van der Waals surface area contributed by atoms with Crippen molar-refractivity contribution in [2.24, 2.45) is 5.41 Å². The Balaban J connectivity index is 1.57. The molecule has 0 spiro atoms. The van der Waals surface area contributed by atoms with Crippen LogP contribution in [-0.4, -0.2) is 44.2 Å². The summed E-state index contributed by atoms with van der Waals surface area (Å²) in [5.74, 6) is 0.157. The maximum Gasteiger partial charge on any atom is 0.310 e. The van der Waals surface area contributed by atoms with Crippen molar-refractivity contribution >= 4 is 29.2 Å². The van der Waals surface area contributed by atoms with Crippen LogP contribution in [0.5, 0.6) is 0 Å². The second-order valence-electron chi connectivity index (χ2n) is 9.80. The van der Waals surface area contributed by atoms with Crippen LogP contribution in [0.25, 0.3) is 0 Å². The SMILES string of the molecule is CCc1c(C)c(CC2(C(=O)O)CCN(Cc3cccc(Cl)c3F)CC2)nc(Nc2cc(C)[nH]n2)c1C. The van der Waals surface area contributed by atoms with E-state index in [0.717, 1.165) is 28.9 Å². The molecule has 2 aromatic heterocycles. The number of nitrogens with zero attached hydrogens (tertiary/aromatic N) is 3. The molecule has 0 radical (unpaired) electrons. The molecule has 9 heteroatoms. The fraction of sp³-hybridized carbons (Fsp3) is 0.444. The minimum Gasteiger partial charge on any atom is -0.481 e. The number of hydrogen-bond acceptors (Lipinski definition) is 5. The quantitative estimate of drug-likeness (QED) is 0.355. The van der Waals surface area contributed by atoms with Crippen LogP contribution >= 0.6 is 11.6 Å². The lowest BCUT2D eigenvalue weighted by Crippen LogP contribution is -2.45. The molecule has 1 fully saturated rings. The predicted molar refractivity (Wildman–Crippen MR) is 139 cm³/mol. The zero-order chi connectivity index (χ0) is 26.0. The van der Waals surface area contributed by atoms with Gasteiger partial charge in [-0.2, -0.15) is 5.10 Å². The molecular formula is C27H33ClFN5O2. The van der Waals surface area contributed by atoms with E-state index < -0.39 is 17.2 Å². The summed E-state index contributed by atoms with van der Waals surface area (Å²) in [5, 5.41) is 20.9. The monoisotopic (exact) mass is 513 g/mol. The van der Waals surface area contributed by atoms with Crippen LogP contribution in [0.4, 0.5) is 16.0 Å². The van der Waals surface area contributed by atoms with E-state index >= 15 is 0 Å². The van der Waals surface area contributed by atoms with E-state index in [0.29, 0.717) is 56.1 Å². The summed E-state index contributed by atoms with van der Waals surface area (Å²) in [4.78, 5) is 19.6. The molecule has 1 aliphatic heterocycles. The molecule has 3 N–H and O–H groups in total. The number of rotatable bonds is 8. The zero-order valence-corrected chi connectivity index (χ0v) is 22.0. The number of aryl methyl sites for hydroxylation is 1. The average Bonchev–Trinajstić information content (AvgIpc) is 3.26. The Bertz CT molecular complexity index is 1270. The van der Waals surface area contributed by atoms with Crippen LogP contribution in [0.2, 0.25) is 5.02 Å². The number of aromatic nitrogens is 3. The van der Waals surface area contributed by atoms with E-state index in [4.69, 9.17) is 16.6 Å². The minimum absolute atomic E-state index is 0.103. The molecule has 0 amide bonds. The molecule has 3 heterocycles. The van der Waals surface area contributed by atoms with E-state index in [2.05, 4.69) is 27.3 Å². The van der Waals surface area contributed by atoms with Gasteiger partial charge in [-0.25, -0.2) is 9.37 Å². The summed E-state index contributed by atoms with van der Waals surface area (Å²) in [6.45, 7) is 9.61. The number of benzene rings is 1. The standard InChI is InChI=1S/C27H33ClFN5O2/c1-5-20-17(3)22(30-25(18(20)4)31-23-13-16(2)32-33-23)14-27(26(35)36)9-11-34(12-10-27)15-19-7-6-8-21(28)24(19)29/h6-8,13H,5,9-12,14-15H2,1-4H3,(H,35,36)(H2,30,31,32,33). The van der Waals surface area contributed by atoms with Crippen LogP contribution < -0.4 is 5.32 Å². The predicted octanol–water partition coefficient (Wildman–Crippen LogP) is 5.74. The largest absolute Gasteiger partial charge is 0.481 e. The average molecular weight is 514 g/mol. The number of hydrogen-bond donors (Lipinski definition) is 3. The fourth-order valence-electron chi connectivity index (χ4n) is 5.17. The maximum atomic E-state index is 14.4. The Labute approximate surface area is 216 Å². The first-order chi connectivity index (χ1) is 17.1. The number of nitrogens with one attached hydrogen (secondary N) is 2. The van der Waals surface area contributed by atoms with Gasteiger partial charge in [-0.15, -0.1) is 0 Å². The number of carbonyl (C=O) groups is 1. The van der Waals surface area contributed by atoms with E-state index in [1.54, 1.807) is 12.1 Å². The fourth-order valence-corrected chi connectivity index (χ4v) is 5.36. The van der Waals surface area contributed by atoms with Crippen molar-refractivity contribution in [1.29, 1.82) is 0 Å². The summed E-state index contributed by atoms with van der Waals surface area (Å²) in [5.41, 5.74) is 4.59. The van der Waals surface area contributed by atoms with E-state index in [1.165, 1.54) is 11.6 Å². The number of likely N-dealkylation sites (tertiary alicyclic amines) is 1. The molecular weight excluding hydrogens is 481 g/mol. The Kier molecular flexibility index (Phi) is 7.66. The van der Waals surface area contributed by atoms with Gasteiger partial charge in [-0.1, -0.05) is 30.7 Å². The van der Waals surface area contributed by atoms with Crippen molar-refractivity contribution in [2.75, 3.05) is 18.4 Å². The first-order valence-electron chi connectivity index (χ1n) is 12.3. The van der Waals surface area contributed by atoms with Gasteiger partial charge in [0, 0.05) is 36.0 Å². The summed E-state index contributed by atoms with van der Waals surface area (Å²) < 4.78 is 14.4. The van der Waals surface area contributed by atoms with Crippen molar-refractivity contribution in [3.05, 3.63) is 68.7 Å². The first kappa shape index (κ1) is 26.1. The van der Waals surface area contributed by atoms with Gasteiger partial charge in [0.15, 0.2) is 5.82 Å². The Hall–Kier alpha value is -2.97.